The molecule has 0 saturated heterocycles. The third-order valence-corrected chi connectivity index (χ3v) is 3.71. The van der Waals surface area contributed by atoms with Gasteiger partial charge in [-0.3, -0.25) is 0 Å². The largest absolute Gasteiger partial charge is 0.805 e. The Bertz CT molecular complexity index is 899. The smallest absolute Gasteiger partial charge is 0.500 e. The molecular formula is C18H14BNO3. The lowest BCUT2D eigenvalue weighted by Crippen LogP contribution is -2.35. The van der Waals surface area contributed by atoms with Crippen molar-refractivity contribution in [1.82, 2.24) is 4.73 Å². The topological polar surface area (TPSA) is 43.6 Å². The first-order chi connectivity index (χ1) is 11.3. The fourth-order valence-electron chi connectivity index (χ4n) is 2.73. The zero-order valence-electron chi connectivity index (χ0n) is 12.3. The lowest BCUT2D eigenvalue weighted by atomic mass is 10.2. The first-order valence-corrected chi connectivity index (χ1v) is 7.38. The molecule has 0 amide bonds. The van der Waals surface area contributed by atoms with E-state index in [0.29, 0.717) is 5.75 Å². The number of aromatic nitrogens is 1. The van der Waals surface area contributed by atoms with Crippen LogP contribution < -0.4 is 9.41 Å². The summed E-state index contributed by atoms with van der Waals surface area (Å²) in [6.45, 7) is 0. The zero-order chi connectivity index (χ0) is 15.6. The molecule has 23 heavy (non-hydrogen) atoms. The van der Waals surface area contributed by atoms with Gasteiger partial charge in [-0.1, -0.05) is 54.6 Å². The molecule has 0 aliphatic rings. The minimum absolute atomic E-state index is 0.542. The fraction of sp³-hybridized carbons (Fsp3) is 0. The van der Waals surface area contributed by atoms with Gasteiger partial charge < -0.3 is 14.4 Å². The van der Waals surface area contributed by atoms with Crippen molar-refractivity contribution in [3.8, 4) is 5.75 Å². The van der Waals surface area contributed by atoms with E-state index in [1.807, 2.05) is 66.7 Å². The Morgan fingerprint density at radius 1 is 0.696 bits per heavy atom. The molecule has 0 atom stereocenters. The molecule has 4 rings (SSSR count). The van der Waals surface area contributed by atoms with Crippen molar-refractivity contribution in [1.29, 1.82) is 0 Å². The molecule has 4 aromatic rings. The lowest BCUT2D eigenvalue weighted by molar-refractivity contribution is 0.188. The van der Waals surface area contributed by atoms with Gasteiger partial charge in [0.05, 0.1) is 11.0 Å². The lowest BCUT2D eigenvalue weighted by Gasteiger charge is -2.13. The van der Waals surface area contributed by atoms with Gasteiger partial charge in [0.15, 0.2) is 0 Å². The van der Waals surface area contributed by atoms with E-state index in [4.69, 9.17) is 9.41 Å². The van der Waals surface area contributed by atoms with Gasteiger partial charge in [0.25, 0.3) is 0 Å². The quantitative estimate of drug-likeness (QED) is 0.588. The Labute approximate surface area is 133 Å². The van der Waals surface area contributed by atoms with Gasteiger partial charge in [0.1, 0.15) is 5.75 Å². The van der Waals surface area contributed by atoms with E-state index >= 15 is 0 Å². The normalized spacial score (nSPS) is 10.8. The van der Waals surface area contributed by atoms with Gasteiger partial charge in [0.2, 0.25) is 0 Å². The molecule has 0 bridgehead atoms. The van der Waals surface area contributed by atoms with Crippen LogP contribution in [0.2, 0.25) is 0 Å². The second-order valence-electron chi connectivity index (χ2n) is 5.17. The van der Waals surface area contributed by atoms with E-state index in [2.05, 4.69) is 0 Å². The predicted octanol–water partition coefficient (Wildman–Crippen LogP) is 3.28. The Balaban J connectivity index is 1.72. The molecule has 0 aliphatic carbocycles. The summed E-state index contributed by atoms with van der Waals surface area (Å²) in [5, 5.41) is 12.3. The van der Waals surface area contributed by atoms with Crippen LogP contribution in [0.5, 0.6) is 5.75 Å². The molecule has 0 radical (unpaired) electrons. The van der Waals surface area contributed by atoms with Crippen LogP contribution in [0, 0.1) is 0 Å². The van der Waals surface area contributed by atoms with Crippen LogP contribution in [0.25, 0.3) is 21.8 Å². The molecule has 1 heterocycles. The molecule has 5 heteroatoms. The van der Waals surface area contributed by atoms with Crippen LogP contribution in [0.3, 0.4) is 0 Å². The molecule has 112 valence electrons. The van der Waals surface area contributed by atoms with E-state index in [9.17, 15) is 5.02 Å². The second kappa shape index (κ2) is 5.70. The maximum atomic E-state index is 10.1. The number of fused-ring (bicyclic) bond motifs is 3. The Morgan fingerprint density at radius 3 is 1.83 bits per heavy atom. The summed E-state index contributed by atoms with van der Waals surface area (Å²) in [6.07, 6.45) is 0. The highest BCUT2D eigenvalue weighted by Gasteiger charge is 2.24. The summed E-state index contributed by atoms with van der Waals surface area (Å²) < 4.78 is 12.6. The van der Waals surface area contributed by atoms with Crippen molar-refractivity contribution in [3.05, 3.63) is 78.9 Å². The molecule has 0 aliphatic heterocycles. The van der Waals surface area contributed by atoms with Gasteiger partial charge in [-0.05, 0) is 24.3 Å². The molecular weight excluding hydrogens is 289 g/mol. The first kappa shape index (κ1) is 13.7. The Kier molecular flexibility index (Phi) is 3.40. The van der Waals surface area contributed by atoms with E-state index < -0.39 is 7.32 Å². The maximum Gasteiger partial charge on any atom is 0.805 e. The van der Waals surface area contributed by atoms with Crippen molar-refractivity contribution < 1.29 is 14.4 Å². The van der Waals surface area contributed by atoms with Gasteiger partial charge in [-0.15, -0.1) is 0 Å². The molecule has 3 aromatic carbocycles. The van der Waals surface area contributed by atoms with Crippen molar-refractivity contribution in [2.75, 3.05) is 0 Å². The van der Waals surface area contributed by atoms with Crippen molar-refractivity contribution >= 4 is 29.1 Å². The summed E-state index contributed by atoms with van der Waals surface area (Å²) in [4.78, 5) is 0. The van der Waals surface area contributed by atoms with E-state index in [1.165, 1.54) is 0 Å². The average Bonchev–Trinajstić information content (AvgIpc) is 2.90. The maximum absolute atomic E-state index is 10.1. The van der Waals surface area contributed by atoms with Gasteiger partial charge in [-0.25, -0.2) is 0 Å². The van der Waals surface area contributed by atoms with Crippen LogP contribution in [0.15, 0.2) is 78.9 Å². The van der Waals surface area contributed by atoms with Gasteiger partial charge >= 0.3 is 7.32 Å². The monoisotopic (exact) mass is 303 g/mol. The molecule has 1 N–H and O–H groups in total. The third-order valence-electron chi connectivity index (χ3n) is 3.71. The van der Waals surface area contributed by atoms with Gasteiger partial charge in [0, 0.05) is 10.8 Å². The zero-order valence-corrected chi connectivity index (χ0v) is 12.3. The molecule has 0 fully saturated rings. The van der Waals surface area contributed by atoms with E-state index in [0.717, 1.165) is 21.8 Å². The summed E-state index contributed by atoms with van der Waals surface area (Å²) in [7, 11) is -1.41. The van der Waals surface area contributed by atoms with Gasteiger partial charge in [-0.2, -0.15) is 4.73 Å². The number of hydrogen-bond donors (Lipinski definition) is 1. The average molecular weight is 303 g/mol. The molecule has 4 nitrogen and oxygen atoms in total. The highest BCUT2D eigenvalue weighted by atomic mass is 16.8. The number of para-hydroxylation sites is 3. The number of benzene rings is 3. The van der Waals surface area contributed by atoms with Crippen LogP contribution in [0.4, 0.5) is 0 Å². The number of rotatable bonds is 4. The summed E-state index contributed by atoms with van der Waals surface area (Å²) in [6, 6.07) is 24.9. The van der Waals surface area contributed by atoms with Crippen LogP contribution in [-0.4, -0.2) is 17.1 Å². The molecule has 0 saturated carbocycles. The summed E-state index contributed by atoms with van der Waals surface area (Å²) in [5.41, 5.74) is 1.76. The van der Waals surface area contributed by atoms with E-state index in [1.54, 1.807) is 16.9 Å². The number of nitrogens with zero attached hydrogens (tertiary/aromatic N) is 1. The predicted molar refractivity (Wildman–Crippen MR) is 91.1 cm³/mol. The van der Waals surface area contributed by atoms with Crippen molar-refractivity contribution in [2.45, 2.75) is 0 Å². The molecule has 0 unspecified atom stereocenters. The fourth-order valence-corrected chi connectivity index (χ4v) is 2.73. The minimum atomic E-state index is -1.41. The molecule has 0 spiro atoms. The Morgan fingerprint density at radius 2 is 1.22 bits per heavy atom. The first-order valence-electron chi connectivity index (χ1n) is 7.38. The van der Waals surface area contributed by atoms with Crippen molar-refractivity contribution in [3.63, 3.8) is 0 Å². The van der Waals surface area contributed by atoms with Crippen LogP contribution >= 0.6 is 0 Å². The highest BCUT2D eigenvalue weighted by molar-refractivity contribution is 6.36. The van der Waals surface area contributed by atoms with Crippen molar-refractivity contribution in [2.24, 2.45) is 0 Å². The standard InChI is InChI=1S/C18H14BNO3/c21-19(22-14-8-2-1-3-9-14)23-20-17-12-6-4-10-15(17)16-11-5-7-13-18(16)20/h1-13,21H. The number of hydrogen-bond acceptors (Lipinski definition) is 3. The summed E-state index contributed by atoms with van der Waals surface area (Å²) >= 11 is 0. The SMILES string of the molecule is OB(Oc1ccccc1)On1c2ccccc2c2ccccc21. The third kappa shape index (κ3) is 2.51. The minimum Gasteiger partial charge on any atom is -0.500 e. The summed E-state index contributed by atoms with van der Waals surface area (Å²) in [5.74, 6) is 0.542. The van der Waals surface area contributed by atoms with Crippen LogP contribution in [0.1, 0.15) is 0 Å². The second-order valence-corrected chi connectivity index (χ2v) is 5.17. The Hall–Kier alpha value is -2.92. The highest BCUT2D eigenvalue weighted by Crippen LogP contribution is 2.27. The van der Waals surface area contributed by atoms with Crippen LogP contribution in [-0.2, 0) is 0 Å². The van der Waals surface area contributed by atoms with E-state index in [-0.39, 0.29) is 0 Å². The molecule has 1 aromatic heterocycles.